The first-order valence-electron chi connectivity index (χ1n) is 5.63. The highest BCUT2D eigenvalue weighted by atomic mass is 79.9. The summed E-state index contributed by atoms with van der Waals surface area (Å²) in [6.45, 7) is 3.88. The van der Waals surface area contributed by atoms with E-state index in [4.69, 9.17) is 5.73 Å². The average molecular weight is 327 g/mol. The van der Waals surface area contributed by atoms with E-state index in [0.29, 0.717) is 0 Å². The van der Waals surface area contributed by atoms with Crippen molar-refractivity contribution in [1.82, 2.24) is 15.2 Å². The number of hydrogen-bond acceptors (Lipinski definition) is 4. The standard InChI is InChI=1S/C12H15BrN4S/c1-7(14)11(9-5-3-4-6-10(9)13)18-12-15-8(2)16-17-12/h3-7,11H,14H2,1-2H3,(H,15,16,17). The Morgan fingerprint density at radius 2 is 2.11 bits per heavy atom. The maximum Gasteiger partial charge on any atom is 0.209 e. The van der Waals surface area contributed by atoms with Gasteiger partial charge in [0.1, 0.15) is 5.82 Å². The first-order valence-corrected chi connectivity index (χ1v) is 7.31. The van der Waals surface area contributed by atoms with Crippen molar-refractivity contribution < 1.29 is 0 Å². The van der Waals surface area contributed by atoms with Gasteiger partial charge >= 0.3 is 0 Å². The Kier molecular flexibility index (Phi) is 4.42. The first-order chi connectivity index (χ1) is 8.58. The summed E-state index contributed by atoms with van der Waals surface area (Å²) in [5.41, 5.74) is 7.25. The van der Waals surface area contributed by atoms with E-state index in [1.807, 2.05) is 32.0 Å². The molecule has 1 heterocycles. The van der Waals surface area contributed by atoms with Gasteiger partial charge in [0.25, 0.3) is 0 Å². The zero-order chi connectivity index (χ0) is 13.1. The highest BCUT2D eigenvalue weighted by Crippen LogP contribution is 2.38. The maximum atomic E-state index is 6.08. The van der Waals surface area contributed by atoms with Gasteiger partial charge in [0.05, 0.1) is 5.25 Å². The number of aromatic nitrogens is 3. The van der Waals surface area contributed by atoms with Crippen LogP contribution in [0.15, 0.2) is 33.9 Å². The van der Waals surface area contributed by atoms with Gasteiger partial charge in [-0.2, -0.15) is 0 Å². The van der Waals surface area contributed by atoms with E-state index in [-0.39, 0.29) is 11.3 Å². The highest BCUT2D eigenvalue weighted by Gasteiger charge is 2.21. The van der Waals surface area contributed by atoms with E-state index in [1.165, 1.54) is 5.56 Å². The summed E-state index contributed by atoms with van der Waals surface area (Å²) in [7, 11) is 0. The van der Waals surface area contributed by atoms with Crippen LogP contribution in [0.4, 0.5) is 0 Å². The molecule has 0 fully saturated rings. The Morgan fingerprint density at radius 3 is 2.67 bits per heavy atom. The number of thioether (sulfide) groups is 1. The third-order valence-corrected chi connectivity index (χ3v) is 4.55. The summed E-state index contributed by atoms with van der Waals surface area (Å²) in [5, 5.41) is 7.84. The van der Waals surface area contributed by atoms with Crippen LogP contribution in [0.1, 0.15) is 23.6 Å². The fourth-order valence-corrected chi connectivity index (χ4v) is 3.39. The monoisotopic (exact) mass is 326 g/mol. The van der Waals surface area contributed by atoms with Crippen LogP contribution in [0.2, 0.25) is 0 Å². The van der Waals surface area contributed by atoms with Crippen molar-refractivity contribution in [1.29, 1.82) is 0 Å². The van der Waals surface area contributed by atoms with Crippen LogP contribution in [0, 0.1) is 6.92 Å². The molecule has 0 saturated heterocycles. The van der Waals surface area contributed by atoms with Gasteiger partial charge in [0.15, 0.2) is 0 Å². The summed E-state index contributed by atoms with van der Waals surface area (Å²) >= 11 is 5.14. The van der Waals surface area contributed by atoms with Gasteiger partial charge in [0.2, 0.25) is 5.16 Å². The molecule has 0 aliphatic carbocycles. The maximum absolute atomic E-state index is 6.08. The van der Waals surface area contributed by atoms with E-state index in [0.717, 1.165) is 15.5 Å². The molecule has 2 atom stereocenters. The number of aromatic amines is 1. The minimum absolute atomic E-state index is 0.00695. The average Bonchev–Trinajstić information content (AvgIpc) is 2.73. The summed E-state index contributed by atoms with van der Waals surface area (Å²) in [4.78, 5) is 4.31. The van der Waals surface area contributed by atoms with Gasteiger partial charge in [-0.3, -0.25) is 5.10 Å². The van der Waals surface area contributed by atoms with E-state index in [2.05, 4.69) is 37.2 Å². The van der Waals surface area contributed by atoms with Crippen LogP contribution in [0.5, 0.6) is 0 Å². The first kappa shape index (κ1) is 13.6. The molecule has 2 unspecified atom stereocenters. The van der Waals surface area contributed by atoms with Crippen molar-refractivity contribution in [2.45, 2.75) is 30.3 Å². The van der Waals surface area contributed by atoms with Crippen molar-refractivity contribution in [3.8, 4) is 0 Å². The number of hydrogen-bond donors (Lipinski definition) is 2. The van der Waals surface area contributed by atoms with Crippen LogP contribution < -0.4 is 5.73 Å². The predicted octanol–water partition coefficient (Wildman–Crippen LogP) is 3.06. The van der Waals surface area contributed by atoms with Crippen molar-refractivity contribution in [2.75, 3.05) is 0 Å². The second-order valence-corrected chi connectivity index (χ2v) is 6.09. The van der Waals surface area contributed by atoms with E-state index in [9.17, 15) is 0 Å². The smallest absolute Gasteiger partial charge is 0.209 e. The summed E-state index contributed by atoms with van der Waals surface area (Å²) in [6.07, 6.45) is 0. The molecule has 4 nitrogen and oxygen atoms in total. The van der Waals surface area contributed by atoms with Gasteiger partial charge in [-0.1, -0.05) is 45.9 Å². The molecule has 0 radical (unpaired) electrons. The third-order valence-electron chi connectivity index (χ3n) is 2.50. The number of nitrogens with two attached hydrogens (primary N) is 1. The quantitative estimate of drug-likeness (QED) is 0.847. The fourth-order valence-electron chi connectivity index (χ4n) is 1.65. The lowest BCUT2D eigenvalue weighted by atomic mass is 10.1. The summed E-state index contributed by atoms with van der Waals surface area (Å²) < 4.78 is 1.06. The number of benzene rings is 1. The van der Waals surface area contributed by atoms with E-state index < -0.39 is 0 Å². The molecule has 6 heteroatoms. The molecule has 0 aliphatic heterocycles. The Labute approximate surface area is 119 Å². The SMILES string of the molecule is Cc1nc(SC(c2ccccc2Br)C(C)N)n[nH]1. The zero-order valence-electron chi connectivity index (χ0n) is 10.2. The molecule has 0 bridgehead atoms. The summed E-state index contributed by atoms with van der Waals surface area (Å²) in [5.74, 6) is 0.813. The van der Waals surface area contributed by atoms with Crippen LogP contribution in [-0.2, 0) is 0 Å². The fraction of sp³-hybridized carbons (Fsp3) is 0.333. The minimum atomic E-state index is 0.00695. The highest BCUT2D eigenvalue weighted by molar-refractivity contribution is 9.10. The largest absolute Gasteiger partial charge is 0.327 e. The Morgan fingerprint density at radius 1 is 1.39 bits per heavy atom. The molecular weight excluding hydrogens is 312 g/mol. The van der Waals surface area contributed by atoms with Gasteiger partial charge in [-0.15, -0.1) is 5.10 Å². The lowest BCUT2D eigenvalue weighted by Gasteiger charge is -2.20. The number of rotatable bonds is 4. The Hall–Kier alpha value is -0.850. The molecule has 18 heavy (non-hydrogen) atoms. The van der Waals surface area contributed by atoms with Crippen LogP contribution in [-0.4, -0.2) is 21.2 Å². The molecule has 2 aromatic rings. The molecule has 1 aromatic carbocycles. The van der Waals surface area contributed by atoms with Crippen LogP contribution in [0.25, 0.3) is 0 Å². The molecule has 3 N–H and O–H groups in total. The van der Waals surface area contributed by atoms with E-state index in [1.54, 1.807) is 11.8 Å². The molecule has 96 valence electrons. The normalized spacial score (nSPS) is 14.4. The minimum Gasteiger partial charge on any atom is -0.327 e. The van der Waals surface area contributed by atoms with Crippen molar-refractivity contribution in [3.05, 3.63) is 40.1 Å². The number of nitrogens with zero attached hydrogens (tertiary/aromatic N) is 2. The lowest BCUT2D eigenvalue weighted by Crippen LogP contribution is -2.23. The van der Waals surface area contributed by atoms with Crippen LogP contribution >= 0.6 is 27.7 Å². The molecule has 0 saturated carbocycles. The summed E-state index contributed by atoms with van der Waals surface area (Å²) in [6, 6.07) is 8.11. The number of nitrogens with one attached hydrogen (secondary N) is 1. The van der Waals surface area contributed by atoms with Gasteiger partial charge in [-0.25, -0.2) is 4.98 Å². The van der Waals surface area contributed by atoms with Gasteiger partial charge in [-0.05, 0) is 25.5 Å². The van der Waals surface area contributed by atoms with Crippen molar-refractivity contribution >= 4 is 27.7 Å². The molecule has 0 aliphatic rings. The van der Waals surface area contributed by atoms with Crippen molar-refractivity contribution in [2.24, 2.45) is 5.73 Å². The van der Waals surface area contributed by atoms with E-state index >= 15 is 0 Å². The molecule has 2 rings (SSSR count). The molecular formula is C12H15BrN4S. The van der Waals surface area contributed by atoms with Crippen molar-refractivity contribution in [3.63, 3.8) is 0 Å². The third kappa shape index (κ3) is 3.13. The Balaban J connectivity index is 2.27. The predicted molar refractivity (Wildman–Crippen MR) is 77.5 cm³/mol. The second-order valence-electron chi connectivity index (χ2n) is 4.12. The van der Waals surface area contributed by atoms with Gasteiger partial charge in [0, 0.05) is 10.5 Å². The Bertz CT molecular complexity index is 526. The molecule has 0 spiro atoms. The number of halogens is 1. The molecule has 0 amide bonds. The lowest BCUT2D eigenvalue weighted by molar-refractivity contribution is 0.716. The zero-order valence-corrected chi connectivity index (χ0v) is 12.6. The number of aryl methyl sites for hydroxylation is 1. The molecule has 1 aromatic heterocycles. The number of H-pyrrole nitrogens is 1. The topological polar surface area (TPSA) is 67.6 Å². The second kappa shape index (κ2) is 5.86. The van der Waals surface area contributed by atoms with Crippen LogP contribution in [0.3, 0.4) is 0 Å². The van der Waals surface area contributed by atoms with Gasteiger partial charge < -0.3 is 5.73 Å².